The zero-order chi connectivity index (χ0) is 19.9. The molecule has 146 valence electrons. The standard InChI is InChI=1S/C22H24N2O3S/c1-4-18(27-20-11-6-5-10-19(20)26-3)21(25)24-22-23-14-17(28-22)13-16-9-7-8-15(2)12-16/h5-12,14,18H,4,13H2,1-3H3,(H,23,24,25). The molecule has 0 radical (unpaired) electrons. The molecule has 5 nitrogen and oxygen atoms in total. The number of para-hydroxylation sites is 2. The van der Waals surface area contributed by atoms with Crippen LogP contribution in [0.5, 0.6) is 11.5 Å². The molecule has 3 rings (SSSR count). The molecule has 3 aromatic rings. The van der Waals surface area contributed by atoms with Crippen LogP contribution in [0.15, 0.2) is 54.7 Å². The number of carbonyl (C=O) groups is 1. The van der Waals surface area contributed by atoms with Crippen LogP contribution >= 0.6 is 11.3 Å². The number of nitrogens with one attached hydrogen (secondary N) is 1. The molecule has 0 aliphatic heterocycles. The number of anilines is 1. The number of amides is 1. The number of ether oxygens (including phenoxy) is 2. The van der Waals surface area contributed by atoms with Gasteiger partial charge in [0.15, 0.2) is 22.7 Å². The number of hydrogen-bond acceptors (Lipinski definition) is 5. The second-order valence-corrected chi connectivity index (χ2v) is 7.57. The molecule has 1 amide bonds. The highest BCUT2D eigenvalue weighted by atomic mass is 32.1. The molecule has 1 heterocycles. The summed E-state index contributed by atoms with van der Waals surface area (Å²) in [5, 5.41) is 3.45. The van der Waals surface area contributed by atoms with E-state index in [9.17, 15) is 4.79 Å². The molecule has 0 spiro atoms. The first kappa shape index (κ1) is 19.9. The summed E-state index contributed by atoms with van der Waals surface area (Å²) in [5.74, 6) is 0.930. The van der Waals surface area contributed by atoms with Crippen molar-refractivity contribution in [1.82, 2.24) is 4.98 Å². The zero-order valence-corrected chi connectivity index (χ0v) is 17.1. The summed E-state index contributed by atoms with van der Waals surface area (Å²) in [5.41, 5.74) is 2.46. The molecule has 0 saturated heterocycles. The third-order valence-electron chi connectivity index (χ3n) is 4.25. The lowest BCUT2D eigenvalue weighted by Gasteiger charge is -2.18. The lowest BCUT2D eigenvalue weighted by molar-refractivity contribution is -0.122. The van der Waals surface area contributed by atoms with E-state index < -0.39 is 6.10 Å². The number of thiazole rings is 1. The van der Waals surface area contributed by atoms with Crippen LogP contribution in [0.4, 0.5) is 5.13 Å². The number of methoxy groups -OCH3 is 1. The molecule has 1 N–H and O–H groups in total. The van der Waals surface area contributed by atoms with Crippen molar-refractivity contribution >= 4 is 22.4 Å². The minimum atomic E-state index is -0.625. The third kappa shape index (κ3) is 5.10. The number of hydrogen-bond donors (Lipinski definition) is 1. The molecule has 0 aliphatic rings. The zero-order valence-electron chi connectivity index (χ0n) is 16.3. The largest absolute Gasteiger partial charge is 0.493 e. The Labute approximate surface area is 169 Å². The maximum absolute atomic E-state index is 12.6. The van der Waals surface area contributed by atoms with Gasteiger partial charge >= 0.3 is 0 Å². The van der Waals surface area contributed by atoms with Crippen molar-refractivity contribution in [3.05, 3.63) is 70.7 Å². The molecule has 28 heavy (non-hydrogen) atoms. The van der Waals surface area contributed by atoms with Crippen molar-refractivity contribution in [1.29, 1.82) is 0 Å². The fourth-order valence-corrected chi connectivity index (χ4v) is 3.70. The molecule has 0 bridgehead atoms. The SMILES string of the molecule is CCC(Oc1ccccc1OC)C(=O)Nc1ncc(Cc2cccc(C)c2)s1. The molecule has 6 heteroatoms. The van der Waals surface area contributed by atoms with Gasteiger partial charge in [-0.05, 0) is 31.0 Å². The van der Waals surface area contributed by atoms with Crippen molar-refractivity contribution in [2.75, 3.05) is 12.4 Å². The quantitative estimate of drug-likeness (QED) is 0.591. The van der Waals surface area contributed by atoms with Gasteiger partial charge in [0.1, 0.15) is 0 Å². The van der Waals surface area contributed by atoms with Crippen LogP contribution in [0.2, 0.25) is 0 Å². The number of aromatic nitrogens is 1. The van der Waals surface area contributed by atoms with Gasteiger partial charge in [0.05, 0.1) is 7.11 Å². The minimum Gasteiger partial charge on any atom is -0.493 e. The Balaban J connectivity index is 1.64. The average molecular weight is 397 g/mol. The van der Waals surface area contributed by atoms with Gasteiger partial charge in [0.25, 0.3) is 5.91 Å². The Morgan fingerprint density at radius 2 is 1.96 bits per heavy atom. The summed E-state index contributed by atoms with van der Waals surface area (Å²) in [4.78, 5) is 18.1. The summed E-state index contributed by atoms with van der Waals surface area (Å²) < 4.78 is 11.2. The average Bonchev–Trinajstić information content (AvgIpc) is 3.12. The summed E-state index contributed by atoms with van der Waals surface area (Å²) in [6.45, 7) is 3.99. The van der Waals surface area contributed by atoms with E-state index in [-0.39, 0.29) is 5.91 Å². The Hall–Kier alpha value is -2.86. The summed E-state index contributed by atoms with van der Waals surface area (Å²) in [7, 11) is 1.58. The van der Waals surface area contributed by atoms with Crippen molar-refractivity contribution in [3.8, 4) is 11.5 Å². The van der Waals surface area contributed by atoms with E-state index in [2.05, 4.69) is 41.5 Å². The van der Waals surface area contributed by atoms with Crippen LogP contribution in [-0.4, -0.2) is 24.1 Å². The highest BCUT2D eigenvalue weighted by Crippen LogP contribution is 2.28. The highest BCUT2D eigenvalue weighted by molar-refractivity contribution is 7.15. The van der Waals surface area contributed by atoms with Crippen molar-refractivity contribution in [2.45, 2.75) is 32.8 Å². The van der Waals surface area contributed by atoms with Gasteiger partial charge in [-0.15, -0.1) is 11.3 Å². The first-order chi connectivity index (χ1) is 13.6. The molecular formula is C22H24N2O3S. The first-order valence-corrected chi connectivity index (χ1v) is 10.0. The summed E-state index contributed by atoms with van der Waals surface area (Å²) in [6.07, 6.45) is 2.51. The van der Waals surface area contributed by atoms with Gasteiger partial charge in [-0.25, -0.2) is 4.98 Å². The van der Waals surface area contributed by atoms with Crippen molar-refractivity contribution in [2.24, 2.45) is 0 Å². The van der Waals surface area contributed by atoms with E-state index in [1.807, 2.05) is 25.3 Å². The predicted molar refractivity (Wildman–Crippen MR) is 112 cm³/mol. The number of benzene rings is 2. The fraction of sp³-hybridized carbons (Fsp3) is 0.273. The fourth-order valence-electron chi connectivity index (χ4n) is 2.85. The molecule has 0 fully saturated rings. The van der Waals surface area contributed by atoms with E-state index in [1.165, 1.54) is 22.5 Å². The second-order valence-electron chi connectivity index (χ2n) is 6.45. The van der Waals surface area contributed by atoms with E-state index >= 15 is 0 Å². The predicted octanol–water partition coefficient (Wildman–Crippen LogP) is 4.85. The lowest BCUT2D eigenvalue weighted by atomic mass is 10.1. The lowest BCUT2D eigenvalue weighted by Crippen LogP contribution is -2.32. The van der Waals surface area contributed by atoms with E-state index in [0.29, 0.717) is 23.1 Å². The van der Waals surface area contributed by atoms with Gasteiger partial charge < -0.3 is 9.47 Å². The van der Waals surface area contributed by atoms with Gasteiger partial charge in [-0.3, -0.25) is 10.1 Å². The Bertz CT molecular complexity index is 939. The molecule has 1 aromatic heterocycles. The Kier molecular flexibility index (Phi) is 6.66. The third-order valence-corrected chi connectivity index (χ3v) is 5.16. The highest BCUT2D eigenvalue weighted by Gasteiger charge is 2.21. The van der Waals surface area contributed by atoms with Crippen molar-refractivity contribution in [3.63, 3.8) is 0 Å². The van der Waals surface area contributed by atoms with E-state index in [1.54, 1.807) is 19.2 Å². The molecule has 1 unspecified atom stereocenters. The number of nitrogens with zero attached hydrogens (tertiary/aromatic N) is 1. The van der Waals surface area contributed by atoms with Gasteiger partial charge in [0.2, 0.25) is 0 Å². The maximum Gasteiger partial charge on any atom is 0.267 e. The van der Waals surface area contributed by atoms with Gasteiger partial charge in [-0.2, -0.15) is 0 Å². The number of carbonyl (C=O) groups excluding carboxylic acids is 1. The van der Waals surface area contributed by atoms with Gasteiger partial charge in [-0.1, -0.05) is 48.9 Å². The Morgan fingerprint density at radius 1 is 1.18 bits per heavy atom. The first-order valence-electron chi connectivity index (χ1n) is 9.19. The number of rotatable bonds is 8. The Morgan fingerprint density at radius 3 is 2.68 bits per heavy atom. The van der Waals surface area contributed by atoms with Crippen LogP contribution in [0.1, 0.15) is 29.3 Å². The topological polar surface area (TPSA) is 60.5 Å². The molecule has 0 saturated carbocycles. The van der Waals surface area contributed by atoms with Gasteiger partial charge in [0, 0.05) is 17.5 Å². The van der Waals surface area contributed by atoms with Crippen molar-refractivity contribution < 1.29 is 14.3 Å². The minimum absolute atomic E-state index is 0.218. The normalized spacial score (nSPS) is 11.7. The second kappa shape index (κ2) is 9.37. The molecule has 0 aliphatic carbocycles. The maximum atomic E-state index is 12.6. The summed E-state index contributed by atoms with van der Waals surface area (Å²) >= 11 is 1.48. The summed E-state index contributed by atoms with van der Waals surface area (Å²) in [6, 6.07) is 15.7. The van der Waals surface area contributed by atoms with Crippen LogP contribution in [0.25, 0.3) is 0 Å². The van der Waals surface area contributed by atoms with Crippen LogP contribution < -0.4 is 14.8 Å². The number of aryl methyl sites for hydroxylation is 1. The van der Waals surface area contributed by atoms with E-state index in [0.717, 1.165) is 11.3 Å². The molecule has 1 atom stereocenters. The smallest absolute Gasteiger partial charge is 0.267 e. The molecule has 2 aromatic carbocycles. The van der Waals surface area contributed by atoms with Crippen LogP contribution in [0.3, 0.4) is 0 Å². The monoisotopic (exact) mass is 396 g/mol. The van der Waals surface area contributed by atoms with E-state index in [4.69, 9.17) is 9.47 Å². The molecular weight excluding hydrogens is 372 g/mol. The van der Waals surface area contributed by atoms with Crippen LogP contribution in [-0.2, 0) is 11.2 Å². The van der Waals surface area contributed by atoms with Crippen LogP contribution in [0, 0.1) is 6.92 Å².